The summed E-state index contributed by atoms with van der Waals surface area (Å²) in [6.45, 7) is 4.11. The van der Waals surface area contributed by atoms with E-state index in [1.807, 2.05) is 42.9 Å². The van der Waals surface area contributed by atoms with E-state index < -0.39 is 0 Å². The van der Waals surface area contributed by atoms with E-state index in [0.717, 1.165) is 15.4 Å². The van der Waals surface area contributed by atoms with Gasteiger partial charge in [-0.2, -0.15) is 0 Å². The van der Waals surface area contributed by atoms with Crippen LogP contribution in [0.4, 0.5) is 4.39 Å². The van der Waals surface area contributed by atoms with Gasteiger partial charge in [-0.15, -0.1) is 11.3 Å². The molecule has 1 N–H and O–H groups in total. The van der Waals surface area contributed by atoms with E-state index >= 15 is 0 Å². The van der Waals surface area contributed by atoms with E-state index in [4.69, 9.17) is 0 Å². The number of aryl methyl sites for hydroxylation is 1. The molecule has 3 nitrogen and oxygen atoms in total. The maximum Gasteiger partial charge on any atom is 0.254 e. The molecule has 118 valence electrons. The predicted octanol–water partition coefficient (Wildman–Crippen LogP) is 4.22. The SMILES string of the molecule is Cc1sc(-n2cccc2)c(C(=O)NCc2ccccc2F)c1C. The lowest BCUT2D eigenvalue weighted by Crippen LogP contribution is -2.24. The molecule has 23 heavy (non-hydrogen) atoms. The van der Waals surface area contributed by atoms with Crippen LogP contribution < -0.4 is 5.32 Å². The van der Waals surface area contributed by atoms with E-state index in [0.29, 0.717) is 11.1 Å². The first-order valence-electron chi connectivity index (χ1n) is 7.33. The smallest absolute Gasteiger partial charge is 0.254 e. The lowest BCUT2D eigenvalue weighted by molar-refractivity contribution is 0.0950. The Balaban J connectivity index is 1.87. The van der Waals surface area contributed by atoms with Gasteiger partial charge < -0.3 is 9.88 Å². The van der Waals surface area contributed by atoms with Crippen molar-refractivity contribution in [3.63, 3.8) is 0 Å². The summed E-state index contributed by atoms with van der Waals surface area (Å²) in [6, 6.07) is 10.3. The summed E-state index contributed by atoms with van der Waals surface area (Å²) < 4.78 is 15.6. The molecule has 3 aromatic rings. The average Bonchev–Trinajstić information content (AvgIpc) is 3.15. The number of carbonyl (C=O) groups excluding carboxylic acids is 1. The third kappa shape index (κ3) is 3.05. The summed E-state index contributed by atoms with van der Waals surface area (Å²) in [4.78, 5) is 13.7. The van der Waals surface area contributed by atoms with Crippen molar-refractivity contribution in [2.75, 3.05) is 0 Å². The van der Waals surface area contributed by atoms with Crippen molar-refractivity contribution < 1.29 is 9.18 Å². The van der Waals surface area contributed by atoms with Gasteiger partial charge in [-0.25, -0.2) is 4.39 Å². The van der Waals surface area contributed by atoms with Crippen molar-refractivity contribution in [3.05, 3.63) is 76.2 Å². The molecule has 0 fully saturated rings. The van der Waals surface area contributed by atoms with Crippen LogP contribution in [-0.2, 0) is 6.54 Å². The quantitative estimate of drug-likeness (QED) is 0.764. The molecule has 2 heterocycles. The van der Waals surface area contributed by atoms with Gasteiger partial charge in [0.05, 0.1) is 5.56 Å². The lowest BCUT2D eigenvalue weighted by atomic mass is 10.1. The van der Waals surface area contributed by atoms with Gasteiger partial charge in [-0.05, 0) is 37.6 Å². The topological polar surface area (TPSA) is 34.0 Å². The number of benzene rings is 1. The zero-order chi connectivity index (χ0) is 16.4. The number of nitrogens with one attached hydrogen (secondary N) is 1. The molecule has 0 radical (unpaired) electrons. The summed E-state index contributed by atoms with van der Waals surface area (Å²) in [5.74, 6) is -0.490. The summed E-state index contributed by atoms with van der Waals surface area (Å²) in [5.41, 5.74) is 2.10. The Morgan fingerprint density at radius 2 is 1.87 bits per heavy atom. The van der Waals surface area contributed by atoms with Crippen molar-refractivity contribution in [2.45, 2.75) is 20.4 Å². The summed E-state index contributed by atoms with van der Waals surface area (Å²) in [7, 11) is 0. The van der Waals surface area contributed by atoms with Gasteiger partial charge >= 0.3 is 0 Å². The molecule has 5 heteroatoms. The number of carbonyl (C=O) groups is 1. The van der Waals surface area contributed by atoms with Crippen LogP contribution in [-0.4, -0.2) is 10.5 Å². The molecule has 1 aromatic carbocycles. The van der Waals surface area contributed by atoms with Crippen LogP contribution >= 0.6 is 11.3 Å². The molecule has 0 unspecified atom stereocenters. The molecule has 0 spiro atoms. The Morgan fingerprint density at radius 1 is 1.17 bits per heavy atom. The minimum Gasteiger partial charge on any atom is -0.348 e. The number of aromatic nitrogens is 1. The second-order valence-corrected chi connectivity index (χ2v) is 6.53. The highest BCUT2D eigenvalue weighted by molar-refractivity contribution is 7.15. The molecular formula is C18H17FN2OS. The number of amides is 1. The van der Waals surface area contributed by atoms with Crippen LogP contribution in [0.25, 0.3) is 5.00 Å². The summed E-state index contributed by atoms with van der Waals surface area (Å²) >= 11 is 1.58. The Labute approximate surface area is 138 Å². The lowest BCUT2D eigenvalue weighted by Gasteiger charge is -2.09. The van der Waals surface area contributed by atoms with Crippen LogP contribution in [0.1, 0.15) is 26.4 Å². The minimum atomic E-state index is -0.309. The Bertz CT molecular complexity index is 837. The molecule has 0 saturated heterocycles. The molecule has 0 bridgehead atoms. The predicted molar refractivity (Wildman–Crippen MR) is 90.7 cm³/mol. The summed E-state index contributed by atoms with van der Waals surface area (Å²) in [6.07, 6.45) is 3.83. The van der Waals surface area contributed by atoms with Gasteiger partial charge in [0.15, 0.2) is 0 Å². The maximum atomic E-state index is 13.7. The van der Waals surface area contributed by atoms with Gasteiger partial charge in [0.2, 0.25) is 0 Å². The Morgan fingerprint density at radius 3 is 2.57 bits per heavy atom. The Hall–Kier alpha value is -2.40. The van der Waals surface area contributed by atoms with Gasteiger partial charge in [0.25, 0.3) is 5.91 Å². The van der Waals surface area contributed by atoms with Crippen LogP contribution in [0, 0.1) is 19.7 Å². The fourth-order valence-electron chi connectivity index (χ4n) is 2.43. The number of thiophene rings is 1. The van der Waals surface area contributed by atoms with E-state index in [-0.39, 0.29) is 18.3 Å². The van der Waals surface area contributed by atoms with Gasteiger partial charge in [0, 0.05) is 29.4 Å². The normalized spacial score (nSPS) is 10.7. The monoisotopic (exact) mass is 328 g/mol. The average molecular weight is 328 g/mol. The van der Waals surface area contributed by atoms with Crippen molar-refractivity contribution in [1.29, 1.82) is 0 Å². The van der Waals surface area contributed by atoms with Crippen molar-refractivity contribution in [1.82, 2.24) is 9.88 Å². The molecule has 0 atom stereocenters. The first kappa shape index (κ1) is 15.5. The minimum absolute atomic E-state index is 0.172. The molecule has 2 aromatic heterocycles. The second kappa shape index (κ2) is 6.38. The first-order valence-corrected chi connectivity index (χ1v) is 8.14. The maximum absolute atomic E-state index is 13.7. The zero-order valence-electron chi connectivity index (χ0n) is 13.0. The van der Waals surface area contributed by atoms with Gasteiger partial charge in [0.1, 0.15) is 10.8 Å². The molecule has 3 rings (SSSR count). The van der Waals surface area contributed by atoms with Crippen molar-refractivity contribution >= 4 is 17.2 Å². The van der Waals surface area contributed by atoms with Gasteiger partial charge in [-0.1, -0.05) is 18.2 Å². The third-order valence-electron chi connectivity index (χ3n) is 3.83. The van der Waals surface area contributed by atoms with Crippen LogP contribution in [0.5, 0.6) is 0 Å². The highest BCUT2D eigenvalue weighted by atomic mass is 32.1. The third-order valence-corrected chi connectivity index (χ3v) is 5.05. The number of hydrogen-bond donors (Lipinski definition) is 1. The van der Waals surface area contributed by atoms with Crippen LogP contribution in [0.2, 0.25) is 0 Å². The number of nitrogens with zero attached hydrogens (tertiary/aromatic N) is 1. The van der Waals surface area contributed by atoms with E-state index in [2.05, 4.69) is 5.32 Å². The molecule has 0 aliphatic rings. The largest absolute Gasteiger partial charge is 0.348 e. The number of hydrogen-bond acceptors (Lipinski definition) is 2. The zero-order valence-corrected chi connectivity index (χ0v) is 13.8. The van der Waals surface area contributed by atoms with Crippen molar-refractivity contribution in [2.24, 2.45) is 0 Å². The molecule has 0 aliphatic heterocycles. The highest BCUT2D eigenvalue weighted by Crippen LogP contribution is 2.30. The Kier molecular flexibility index (Phi) is 4.30. The first-order chi connectivity index (χ1) is 11.1. The molecule has 0 aliphatic carbocycles. The fourth-order valence-corrected chi connectivity index (χ4v) is 3.55. The molecular weight excluding hydrogens is 311 g/mol. The standard InChI is InChI=1S/C18H17FN2OS/c1-12-13(2)23-18(21-9-5-6-10-21)16(12)17(22)20-11-14-7-3-4-8-15(14)19/h3-10H,11H2,1-2H3,(H,20,22). The molecule has 1 amide bonds. The van der Waals surface area contributed by atoms with Gasteiger partial charge in [-0.3, -0.25) is 4.79 Å². The van der Waals surface area contributed by atoms with E-state index in [1.165, 1.54) is 6.07 Å². The highest BCUT2D eigenvalue weighted by Gasteiger charge is 2.20. The summed E-state index contributed by atoms with van der Waals surface area (Å²) in [5, 5.41) is 3.71. The van der Waals surface area contributed by atoms with E-state index in [1.54, 1.807) is 29.5 Å². The number of rotatable bonds is 4. The number of halogens is 1. The fraction of sp³-hybridized carbons (Fsp3) is 0.167. The van der Waals surface area contributed by atoms with Crippen LogP contribution in [0.3, 0.4) is 0 Å². The van der Waals surface area contributed by atoms with Crippen LogP contribution in [0.15, 0.2) is 48.8 Å². The van der Waals surface area contributed by atoms with Crippen molar-refractivity contribution in [3.8, 4) is 5.00 Å². The van der Waals surface area contributed by atoms with E-state index in [9.17, 15) is 9.18 Å². The molecule has 0 saturated carbocycles. The second-order valence-electron chi connectivity index (χ2n) is 5.33.